The summed E-state index contributed by atoms with van der Waals surface area (Å²) in [5, 5.41) is 21.0. The fourth-order valence-corrected chi connectivity index (χ4v) is 5.11. The molecule has 40 heavy (non-hydrogen) atoms. The fraction of sp³-hybridized carbons (Fsp3) is 0.462. The molecule has 0 bridgehead atoms. The molecule has 14 heteroatoms. The molecule has 5 rings (SSSR count). The number of likely N-dealkylation sites (tertiary alicyclic amines) is 1. The molecule has 3 aromatic rings. The number of alkyl halides is 3. The van der Waals surface area contributed by atoms with Crippen LogP contribution in [0.25, 0.3) is 4.85 Å². The van der Waals surface area contributed by atoms with Gasteiger partial charge in [-0.25, -0.2) is 14.8 Å². The Hall–Kier alpha value is -4.25. The number of hydrogen-bond donors (Lipinski definition) is 2. The molecule has 4 heterocycles. The molecule has 0 saturated carbocycles. The molecule has 1 fully saturated rings. The van der Waals surface area contributed by atoms with Gasteiger partial charge in [0.25, 0.3) is 0 Å². The number of fused-ring (bicyclic) bond motifs is 1. The summed E-state index contributed by atoms with van der Waals surface area (Å²) < 4.78 is 45.9. The minimum absolute atomic E-state index is 0.0254. The first-order valence-corrected chi connectivity index (χ1v) is 12.7. The number of piperidine rings is 1. The summed E-state index contributed by atoms with van der Waals surface area (Å²) in [4.78, 5) is 27.8. The quantitative estimate of drug-likeness (QED) is 0.441. The Kier molecular flexibility index (Phi) is 7.09. The maximum Gasteiger partial charge on any atom is 0.407 e. The lowest BCUT2D eigenvalue weighted by Gasteiger charge is -2.37. The van der Waals surface area contributed by atoms with Crippen molar-refractivity contribution in [2.24, 2.45) is 5.92 Å². The van der Waals surface area contributed by atoms with Crippen LogP contribution in [-0.2, 0) is 19.1 Å². The number of benzene rings is 1. The Morgan fingerprint density at radius 2 is 1.93 bits per heavy atom. The molecule has 1 amide bonds. The van der Waals surface area contributed by atoms with Gasteiger partial charge < -0.3 is 19.3 Å². The summed E-state index contributed by atoms with van der Waals surface area (Å²) in [5.74, 6) is -0.0574. The number of anilines is 3. The van der Waals surface area contributed by atoms with Crippen molar-refractivity contribution in [3.05, 3.63) is 58.7 Å². The Morgan fingerprint density at radius 1 is 1.18 bits per heavy atom. The average molecular weight is 557 g/mol. The second-order valence-electron chi connectivity index (χ2n) is 10.4. The highest BCUT2D eigenvalue weighted by molar-refractivity contribution is 5.89. The monoisotopic (exact) mass is 556 g/mol. The van der Waals surface area contributed by atoms with E-state index in [1.54, 1.807) is 23.6 Å². The smallest absolute Gasteiger partial charge is 0.399 e. The molecule has 0 unspecified atom stereocenters. The van der Waals surface area contributed by atoms with E-state index in [-0.39, 0.29) is 24.4 Å². The van der Waals surface area contributed by atoms with Crippen LogP contribution in [0.1, 0.15) is 54.2 Å². The van der Waals surface area contributed by atoms with Gasteiger partial charge in [-0.2, -0.15) is 13.2 Å². The third-order valence-corrected chi connectivity index (χ3v) is 7.39. The number of hydrogen-bond acceptors (Lipinski definition) is 9. The summed E-state index contributed by atoms with van der Waals surface area (Å²) in [6.07, 6.45) is -1.57. The number of nitrogens with one attached hydrogen (secondary N) is 1. The van der Waals surface area contributed by atoms with Crippen molar-refractivity contribution < 1.29 is 27.5 Å². The average Bonchev–Trinajstić information content (AvgIpc) is 3.40. The first kappa shape index (κ1) is 27.3. The van der Waals surface area contributed by atoms with E-state index in [4.69, 9.17) is 11.0 Å². The number of aliphatic hydroxyl groups is 1. The maximum absolute atomic E-state index is 13.5. The highest BCUT2D eigenvalue weighted by atomic mass is 19.4. The zero-order chi connectivity index (χ0) is 28.7. The van der Waals surface area contributed by atoms with Gasteiger partial charge in [-0.05, 0) is 51.2 Å². The molecule has 1 saturated heterocycles. The van der Waals surface area contributed by atoms with E-state index in [0.29, 0.717) is 56.1 Å². The SMILES string of the molecule is [C-]#[N+]c1ccc(N2CCc3c(ncnc3Nc3nnc(C(=O)N4CCC(C(C)(C)O)CC4)o3)C2)cc1C(F)(F)F. The highest BCUT2D eigenvalue weighted by Gasteiger charge is 2.35. The van der Waals surface area contributed by atoms with Crippen molar-refractivity contribution in [3.63, 3.8) is 0 Å². The fourth-order valence-electron chi connectivity index (χ4n) is 5.11. The van der Waals surface area contributed by atoms with E-state index >= 15 is 0 Å². The summed E-state index contributed by atoms with van der Waals surface area (Å²) >= 11 is 0. The van der Waals surface area contributed by atoms with E-state index in [1.807, 2.05) is 0 Å². The molecule has 2 aliphatic rings. The third-order valence-electron chi connectivity index (χ3n) is 7.39. The lowest BCUT2D eigenvalue weighted by molar-refractivity contribution is -0.136. The number of aromatic nitrogens is 4. The molecule has 2 aliphatic heterocycles. The van der Waals surface area contributed by atoms with Crippen molar-refractivity contribution in [3.8, 4) is 0 Å². The topological polar surface area (TPSA) is 125 Å². The van der Waals surface area contributed by atoms with Crippen molar-refractivity contribution in [2.75, 3.05) is 29.9 Å². The summed E-state index contributed by atoms with van der Waals surface area (Å²) in [5.41, 5.74) is -0.536. The second kappa shape index (κ2) is 10.4. The van der Waals surface area contributed by atoms with Gasteiger partial charge in [0.05, 0.1) is 30.0 Å². The number of halogens is 3. The standard InChI is InChI=1S/C26H27F3N8O3/c1-25(2,39)15-6-9-36(10-7-15)23(38)22-34-35-24(40-22)33-21-17-8-11-37(13-20(17)31-14-32-21)16-4-5-19(30-3)18(12-16)26(27,28)29/h4-5,12,14-15,39H,6-11,13H2,1-2H3,(H,31,32,33,35). The summed E-state index contributed by atoms with van der Waals surface area (Å²) in [7, 11) is 0. The second-order valence-corrected chi connectivity index (χ2v) is 10.4. The van der Waals surface area contributed by atoms with Crippen molar-refractivity contribution in [2.45, 2.75) is 51.4 Å². The van der Waals surface area contributed by atoms with Crippen LogP contribution in [-0.4, -0.2) is 61.3 Å². The van der Waals surface area contributed by atoms with Gasteiger partial charge >= 0.3 is 24.0 Å². The van der Waals surface area contributed by atoms with E-state index < -0.39 is 28.9 Å². The molecule has 0 radical (unpaired) electrons. The van der Waals surface area contributed by atoms with E-state index in [1.165, 1.54) is 18.5 Å². The van der Waals surface area contributed by atoms with Gasteiger partial charge in [0, 0.05) is 30.9 Å². The van der Waals surface area contributed by atoms with Crippen LogP contribution in [0, 0.1) is 12.5 Å². The third kappa shape index (κ3) is 5.55. The normalized spacial score (nSPS) is 16.4. The Labute approximate surface area is 227 Å². The van der Waals surface area contributed by atoms with Crippen molar-refractivity contribution in [1.29, 1.82) is 0 Å². The molecule has 0 spiro atoms. The molecule has 0 atom stereocenters. The van der Waals surface area contributed by atoms with Gasteiger partial charge in [-0.3, -0.25) is 10.1 Å². The van der Waals surface area contributed by atoms with Gasteiger partial charge in [0.2, 0.25) is 0 Å². The van der Waals surface area contributed by atoms with Crippen LogP contribution in [0.5, 0.6) is 0 Å². The Bertz CT molecular complexity index is 1450. The van der Waals surface area contributed by atoms with Crippen LogP contribution < -0.4 is 10.2 Å². The number of carbonyl (C=O) groups excluding carboxylic acids is 1. The summed E-state index contributed by atoms with van der Waals surface area (Å²) in [6.45, 7) is 12.1. The van der Waals surface area contributed by atoms with Crippen LogP contribution in [0.4, 0.5) is 36.4 Å². The van der Waals surface area contributed by atoms with Gasteiger partial charge in [-0.1, -0.05) is 11.2 Å². The van der Waals surface area contributed by atoms with Crippen LogP contribution in [0.3, 0.4) is 0 Å². The molecule has 0 aliphatic carbocycles. The van der Waals surface area contributed by atoms with Crippen molar-refractivity contribution in [1.82, 2.24) is 25.1 Å². The predicted molar refractivity (Wildman–Crippen MR) is 137 cm³/mol. The van der Waals surface area contributed by atoms with Crippen molar-refractivity contribution >= 4 is 29.1 Å². The van der Waals surface area contributed by atoms with Crippen LogP contribution in [0.2, 0.25) is 0 Å². The van der Waals surface area contributed by atoms with E-state index in [0.717, 1.165) is 11.6 Å². The Balaban J connectivity index is 1.27. The largest absolute Gasteiger partial charge is 0.407 e. The molecular weight excluding hydrogens is 529 g/mol. The zero-order valence-corrected chi connectivity index (χ0v) is 21.9. The zero-order valence-electron chi connectivity index (χ0n) is 21.9. The van der Waals surface area contributed by atoms with Gasteiger partial charge in [0.15, 0.2) is 5.69 Å². The number of nitrogens with zero attached hydrogens (tertiary/aromatic N) is 7. The molecule has 11 nitrogen and oxygen atoms in total. The minimum atomic E-state index is -4.64. The maximum atomic E-state index is 13.5. The number of amides is 1. The molecule has 2 N–H and O–H groups in total. The van der Waals surface area contributed by atoms with E-state index in [2.05, 4.69) is 30.3 Å². The molecule has 1 aromatic carbocycles. The lowest BCUT2D eigenvalue weighted by atomic mass is 9.83. The molecule has 2 aromatic heterocycles. The van der Waals surface area contributed by atoms with E-state index in [9.17, 15) is 23.1 Å². The van der Waals surface area contributed by atoms with Crippen LogP contribution in [0.15, 0.2) is 28.9 Å². The number of rotatable bonds is 5. The minimum Gasteiger partial charge on any atom is -0.399 e. The predicted octanol–water partition coefficient (Wildman–Crippen LogP) is 4.36. The van der Waals surface area contributed by atoms with Gasteiger partial charge in [-0.15, -0.1) is 5.10 Å². The number of carbonyl (C=O) groups is 1. The molecule has 210 valence electrons. The highest BCUT2D eigenvalue weighted by Crippen LogP contribution is 2.39. The first-order chi connectivity index (χ1) is 18.9. The van der Waals surface area contributed by atoms with Crippen LogP contribution >= 0.6 is 0 Å². The Morgan fingerprint density at radius 3 is 2.60 bits per heavy atom. The van der Waals surface area contributed by atoms with Gasteiger partial charge in [0.1, 0.15) is 12.1 Å². The first-order valence-electron chi connectivity index (χ1n) is 12.7. The summed E-state index contributed by atoms with van der Waals surface area (Å²) in [6, 6.07) is 3.64. The lowest BCUT2D eigenvalue weighted by Crippen LogP contribution is -2.44. The molecular formula is C26H27F3N8O3.